The molecule has 0 amide bonds. The van der Waals surface area contributed by atoms with Crippen LogP contribution >= 0.6 is 12.2 Å². The molecule has 116 valence electrons. The molecule has 1 aliphatic rings. The summed E-state index contributed by atoms with van der Waals surface area (Å²) in [5.41, 5.74) is 5.32. The molecule has 1 unspecified atom stereocenters. The highest BCUT2D eigenvalue weighted by Gasteiger charge is 2.33. The predicted molar refractivity (Wildman–Crippen MR) is 84.1 cm³/mol. The van der Waals surface area contributed by atoms with E-state index in [0.717, 1.165) is 25.7 Å². The molecule has 1 aromatic carbocycles. The lowest BCUT2D eigenvalue weighted by Crippen LogP contribution is -2.39. The molecule has 2 rings (SSSR count). The minimum absolute atomic E-state index is 0.111. The van der Waals surface area contributed by atoms with E-state index >= 15 is 0 Å². The van der Waals surface area contributed by atoms with Crippen molar-refractivity contribution in [3.8, 4) is 0 Å². The van der Waals surface area contributed by atoms with Crippen LogP contribution in [0.4, 0.5) is 4.39 Å². The zero-order chi connectivity index (χ0) is 15.6. The highest BCUT2D eigenvalue weighted by molar-refractivity contribution is 7.89. The molecule has 1 aliphatic heterocycles. The van der Waals surface area contributed by atoms with E-state index in [4.69, 9.17) is 18.0 Å². The molecule has 0 aromatic heterocycles. The van der Waals surface area contributed by atoms with Crippen LogP contribution in [0.2, 0.25) is 0 Å². The summed E-state index contributed by atoms with van der Waals surface area (Å²) in [5, 5.41) is 0. The Hall–Kier alpha value is -1.05. The Kier molecular flexibility index (Phi) is 4.95. The van der Waals surface area contributed by atoms with Gasteiger partial charge < -0.3 is 5.73 Å². The molecule has 1 atom stereocenters. The molecule has 1 saturated heterocycles. The van der Waals surface area contributed by atoms with E-state index in [1.807, 2.05) is 6.92 Å². The highest BCUT2D eigenvalue weighted by Crippen LogP contribution is 2.27. The minimum atomic E-state index is -3.81. The molecule has 2 N–H and O–H groups in total. The first-order valence-electron chi connectivity index (χ1n) is 6.96. The third-order valence-electron chi connectivity index (χ3n) is 3.80. The fourth-order valence-corrected chi connectivity index (χ4v) is 4.88. The van der Waals surface area contributed by atoms with Crippen molar-refractivity contribution >= 4 is 27.2 Å². The van der Waals surface area contributed by atoms with Gasteiger partial charge in [0, 0.05) is 12.6 Å². The van der Waals surface area contributed by atoms with Gasteiger partial charge in [0.05, 0.1) is 10.5 Å². The van der Waals surface area contributed by atoms with Gasteiger partial charge in [0.1, 0.15) is 10.8 Å². The summed E-state index contributed by atoms with van der Waals surface area (Å²) in [6, 6.07) is 3.79. The molecule has 0 saturated carbocycles. The smallest absolute Gasteiger partial charge is 0.244 e. The maximum atomic E-state index is 13.9. The van der Waals surface area contributed by atoms with Gasteiger partial charge in [-0.05, 0) is 31.9 Å². The molecular weight excluding hydrogens is 311 g/mol. The van der Waals surface area contributed by atoms with Gasteiger partial charge in [-0.25, -0.2) is 12.8 Å². The molecule has 1 aromatic rings. The normalized spacial score (nSPS) is 21.0. The molecule has 0 aliphatic carbocycles. The number of nitrogens with two attached hydrogens (primary N) is 1. The van der Waals surface area contributed by atoms with Gasteiger partial charge in [-0.1, -0.05) is 31.1 Å². The largest absolute Gasteiger partial charge is 0.389 e. The molecular formula is C14H19FN2O2S2. The van der Waals surface area contributed by atoms with Crippen molar-refractivity contribution in [2.75, 3.05) is 6.54 Å². The number of nitrogens with zero attached hydrogens (tertiary/aromatic N) is 1. The lowest BCUT2D eigenvalue weighted by atomic mass is 10.1. The third kappa shape index (κ3) is 3.25. The van der Waals surface area contributed by atoms with Gasteiger partial charge in [0.15, 0.2) is 0 Å². The Morgan fingerprint density at radius 3 is 2.76 bits per heavy atom. The monoisotopic (exact) mass is 330 g/mol. The van der Waals surface area contributed by atoms with Crippen molar-refractivity contribution in [1.82, 2.24) is 4.31 Å². The molecule has 0 spiro atoms. The van der Waals surface area contributed by atoms with E-state index in [0.29, 0.717) is 6.54 Å². The first-order valence-corrected chi connectivity index (χ1v) is 8.80. The number of sulfonamides is 1. The fourth-order valence-electron chi connectivity index (χ4n) is 2.69. The number of hydrogen-bond acceptors (Lipinski definition) is 3. The molecule has 4 nitrogen and oxygen atoms in total. The maximum absolute atomic E-state index is 13.9. The summed E-state index contributed by atoms with van der Waals surface area (Å²) < 4.78 is 41.1. The lowest BCUT2D eigenvalue weighted by Gasteiger charge is -2.27. The molecule has 0 bridgehead atoms. The molecule has 7 heteroatoms. The molecule has 21 heavy (non-hydrogen) atoms. The second kappa shape index (κ2) is 6.37. The van der Waals surface area contributed by atoms with Crippen molar-refractivity contribution in [3.05, 3.63) is 29.6 Å². The summed E-state index contributed by atoms with van der Waals surface area (Å²) in [5.74, 6) is -0.703. The quantitative estimate of drug-likeness (QED) is 0.865. The topological polar surface area (TPSA) is 63.4 Å². The average Bonchev–Trinajstić information content (AvgIpc) is 2.63. The van der Waals surface area contributed by atoms with Crippen LogP contribution in [-0.4, -0.2) is 30.3 Å². The highest BCUT2D eigenvalue weighted by atomic mass is 32.2. The van der Waals surface area contributed by atoms with Crippen LogP contribution in [0.25, 0.3) is 0 Å². The van der Waals surface area contributed by atoms with Crippen molar-refractivity contribution in [2.45, 2.75) is 43.5 Å². The Morgan fingerprint density at radius 1 is 1.38 bits per heavy atom. The van der Waals surface area contributed by atoms with Gasteiger partial charge in [-0.3, -0.25) is 0 Å². The second-order valence-corrected chi connectivity index (χ2v) is 7.59. The molecule has 1 fully saturated rings. The summed E-state index contributed by atoms with van der Waals surface area (Å²) in [4.78, 5) is -0.377. The maximum Gasteiger partial charge on any atom is 0.244 e. The van der Waals surface area contributed by atoms with Crippen molar-refractivity contribution < 1.29 is 12.8 Å². The molecule has 1 heterocycles. The van der Waals surface area contributed by atoms with E-state index in [9.17, 15) is 12.8 Å². The summed E-state index contributed by atoms with van der Waals surface area (Å²) in [6.45, 7) is 2.32. The fraction of sp³-hybridized carbons (Fsp3) is 0.500. The number of thiocarbonyl (C=S) groups is 1. The van der Waals surface area contributed by atoms with Gasteiger partial charge in [0.2, 0.25) is 10.0 Å². The number of benzene rings is 1. The third-order valence-corrected chi connectivity index (χ3v) is 6.06. The summed E-state index contributed by atoms with van der Waals surface area (Å²) in [6.07, 6.45) is 3.61. The van der Waals surface area contributed by atoms with Gasteiger partial charge in [-0.2, -0.15) is 4.31 Å². The van der Waals surface area contributed by atoms with Crippen LogP contribution < -0.4 is 5.73 Å². The van der Waals surface area contributed by atoms with Crippen LogP contribution in [-0.2, 0) is 10.0 Å². The van der Waals surface area contributed by atoms with Crippen molar-refractivity contribution in [1.29, 1.82) is 0 Å². The van der Waals surface area contributed by atoms with E-state index in [2.05, 4.69) is 0 Å². The van der Waals surface area contributed by atoms with E-state index in [1.165, 1.54) is 22.5 Å². The number of hydrogen-bond donors (Lipinski definition) is 1. The Morgan fingerprint density at radius 2 is 2.10 bits per heavy atom. The van der Waals surface area contributed by atoms with Crippen LogP contribution in [0.5, 0.6) is 0 Å². The van der Waals surface area contributed by atoms with E-state index in [-0.39, 0.29) is 21.5 Å². The minimum Gasteiger partial charge on any atom is -0.389 e. The van der Waals surface area contributed by atoms with Crippen LogP contribution in [0.15, 0.2) is 23.1 Å². The zero-order valence-electron chi connectivity index (χ0n) is 11.9. The van der Waals surface area contributed by atoms with Crippen molar-refractivity contribution in [2.24, 2.45) is 5.73 Å². The first-order chi connectivity index (χ1) is 9.85. The average molecular weight is 330 g/mol. The Labute approximate surface area is 130 Å². The van der Waals surface area contributed by atoms with Gasteiger partial charge >= 0.3 is 0 Å². The predicted octanol–water partition coefficient (Wildman–Crippen LogP) is 2.41. The lowest BCUT2D eigenvalue weighted by molar-refractivity contribution is 0.342. The van der Waals surface area contributed by atoms with Crippen LogP contribution in [0, 0.1) is 5.82 Å². The van der Waals surface area contributed by atoms with E-state index < -0.39 is 15.8 Å². The second-order valence-electron chi connectivity index (χ2n) is 5.29. The first kappa shape index (κ1) is 16.3. The van der Waals surface area contributed by atoms with Crippen LogP contribution in [0.3, 0.4) is 0 Å². The SMILES string of the molecule is CC1CCCCCN1S(=O)(=O)c1cccc(F)c1C(N)=S. The van der Waals surface area contributed by atoms with E-state index in [1.54, 1.807) is 0 Å². The zero-order valence-corrected chi connectivity index (χ0v) is 13.5. The van der Waals surface area contributed by atoms with Crippen molar-refractivity contribution in [3.63, 3.8) is 0 Å². The Bertz CT molecular complexity index is 646. The summed E-state index contributed by atoms with van der Waals surface area (Å²) in [7, 11) is -3.81. The number of halogens is 1. The molecule has 0 radical (unpaired) electrons. The summed E-state index contributed by atoms with van der Waals surface area (Å²) >= 11 is 4.82. The van der Waals surface area contributed by atoms with Crippen LogP contribution in [0.1, 0.15) is 38.2 Å². The van der Waals surface area contributed by atoms with Gasteiger partial charge in [-0.15, -0.1) is 0 Å². The number of rotatable bonds is 3. The van der Waals surface area contributed by atoms with Gasteiger partial charge in [0.25, 0.3) is 0 Å². The Balaban J connectivity index is 2.53. The standard InChI is InChI=1S/C14H19FN2O2S2/c1-10-6-3-2-4-9-17(10)21(18,19)12-8-5-7-11(15)13(12)14(16)20/h5,7-8,10H,2-4,6,9H2,1H3,(H2,16,20).